The molecule has 10 heteroatoms. The van der Waals surface area contributed by atoms with Crippen molar-refractivity contribution < 1.29 is 33.8 Å². The minimum absolute atomic E-state index is 0.0601. The summed E-state index contributed by atoms with van der Waals surface area (Å²) in [6.45, 7) is 12.6. The van der Waals surface area contributed by atoms with Gasteiger partial charge in [0.25, 0.3) is 0 Å². The number of carbonyl (C=O) groups excluding carboxylic acids is 4. The van der Waals surface area contributed by atoms with Crippen molar-refractivity contribution >= 4 is 23.7 Å². The first kappa shape index (κ1) is 36.3. The molecule has 258 valence electrons. The van der Waals surface area contributed by atoms with Gasteiger partial charge in [-0.15, -0.1) is 13.2 Å². The zero-order valence-corrected chi connectivity index (χ0v) is 28.1. The van der Waals surface area contributed by atoms with E-state index in [1.54, 1.807) is 22.0 Å². The molecule has 7 atom stereocenters. The Morgan fingerprint density at radius 2 is 1.91 bits per heavy atom. The molecule has 47 heavy (non-hydrogen) atoms. The lowest BCUT2D eigenvalue weighted by Gasteiger charge is -2.39. The maximum atomic E-state index is 14.5. The number of ether oxygens (including phenoxy) is 2. The second-order valence-electron chi connectivity index (χ2n) is 13.1. The molecule has 1 unspecified atom stereocenters. The Morgan fingerprint density at radius 3 is 2.60 bits per heavy atom. The van der Waals surface area contributed by atoms with Crippen LogP contribution in [0.4, 0.5) is 0 Å². The molecule has 1 spiro atoms. The van der Waals surface area contributed by atoms with Crippen LogP contribution in [0.1, 0.15) is 89.7 Å². The molecule has 10 nitrogen and oxygen atoms in total. The van der Waals surface area contributed by atoms with Crippen molar-refractivity contribution in [2.45, 2.75) is 108 Å². The number of benzene rings is 1. The summed E-state index contributed by atoms with van der Waals surface area (Å²) in [5.41, 5.74) is -0.399. The summed E-state index contributed by atoms with van der Waals surface area (Å²) in [7, 11) is 0. The lowest BCUT2D eigenvalue weighted by molar-refractivity contribution is -0.160. The van der Waals surface area contributed by atoms with E-state index in [1.165, 1.54) is 0 Å². The SMILES string of the molecule is C=CCCC(=O)NC[C@H](OC(=O)[C@@H]1[C@@H]2CC[C@]3(O2)[C@H](C(=O)N(CC=C)C(C)CCC)N(CCCCCCO)C(=O)[C@@H]13)c1ccccc1. The van der Waals surface area contributed by atoms with Crippen LogP contribution in [0.3, 0.4) is 0 Å². The van der Waals surface area contributed by atoms with Gasteiger partial charge in [-0.1, -0.05) is 68.7 Å². The highest BCUT2D eigenvalue weighted by Crippen LogP contribution is 2.59. The molecule has 4 rings (SSSR count). The van der Waals surface area contributed by atoms with Gasteiger partial charge in [-0.2, -0.15) is 0 Å². The molecule has 0 aliphatic carbocycles. The van der Waals surface area contributed by atoms with Gasteiger partial charge in [-0.05, 0) is 51.0 Å². The molecule has 3 fully saturated rings. The minimum Gasteiger partial charge on any atom is -0.455 e. The first-order valence-corrected chi connectivity index (χ1v) is 17.4. The Morgan fingerprint density at radius 1 is 1.17 bits per heavy atom. The van der Waals surface area contributed by atoms with E-state index in [-0.39, 0.29) is 43.3 Å². The standard InChI is InChI=1S/C37H53N3O7/c1-5-8-19-30(42)38-25-29(27-17-12-11-13-18-27)46-36(45)31-28-20-21-37(47-28)32(31)34(43)40(23-14-9-10-15-24-41)33(37)35(44)39(22-7-3)26(4)16-6-2/h5,7,11-13,17-18,26,28-29,31-33,41H,1,3,6,8-10,14-16,19-25H2,2,4H3,(H,38,42)/t26?,28-,29-,31+,32+,33-,37+/m0/s1. The monoisotopic (exact) mass is 651 g/mol. The average molecular weight is 652 g/mol. The lowest BCUT2D eigenvalue weighted by Crippen LogP contribution is -2.57. The number of unbranched alkanes of at least 4 members (excludes halogenated alkanes) is 3. The van der Waals surface area contributed by atoms with E-state index in [0.29, 0.717) is 45.2 Å². The Labute approximate surface area is 279 Å². The fourth-order valence-corrected chi connectivity index (χ4v) is 7.69. The van der Waals surface area contributed by atoms with Gasteiger partial charge in [0.15, 0.2) is 0 Å². The van der Waals surface area contributed by atoms with Crippen molar-refractivity contribution in [3.8, 4) is 0 Å². The number of aliphatic hydroxyl groups is 1. The maximum Gasteiger partial charge on any atom is 0.313 e. The van der Waals surface area contributed by atoms with Crippen LogP contribution in [0.25, 0.3) is 0 Å². The van der Waals surface area contributed by atoms with Gasteiger partial charge in [-0.3, -0.25) is 19.2 Å². The van der Waals surface area contributed by atoms with Crippen molar-refractivity contribution in [1.29, 1.82) is 0 Å². The molecular formula is C37H53N3O7. The van der Waals surface area contributed by atoms with E-state index in [4.69, 9.17) is 9.47 Å². The predicted octanol–water partition coefficient (Wildman–Crippen LogP) is 4.48. The number of likely N-dealkylation sites (tertiary alicyclic amines) is 1. The van der Waals surface area contributed by atoms with Crippen LogP contribution < -0.4 is 5.32 Å². The summed E-state index contributed by atoms with van der Waals surface area (Å²) >= 11 is 0. The van der Waals surface area contributed by atoms with Crippen LogP contribution in [0.15, 0.2) is 55.6 Å². The molecule has 3 heterocycles. The van der Waals surface area contributed by atoms with E-state index in [2.05, 4.69) is 25.4 Å². The summed E-state index contributed by atoms with van der Waals surface area (Å²) in [5.74, 6) is -2.85. The Balaban J connectivity index is 1.62. The fourth-order valence-electron chi connectivity index (χ4n) is 7.69. The number of hydrogen-bond donors (Lipinski definition) is 2. The van der Waals surface area contributed by atoms with Crippen molar-refractivity contribution in [1.82, 2.24) is 15.1 Å². The lowest BCUT2D eigenvalue weighted by atomic mass is 9.70. The molecule has 0 radical (unpaired) electrons. The van der Waals surface area contributed by atoms with Crippen molar-refractivity contribution in [2.24, 2.45) is 11.8 Å². The summed E-state index contributed by atoms with van der Waals surface area (Å²) in [5, 5.41) is 12.1. The highest BCUT2D eigenvalue weighted by molar-refractivity contribution is 5.98. The molecule has 1 aromatic rings. The van der Waals surface area contributed by atoms with E-state index < -0.39 is 41.7 Å². The van der Waals surface area contributed by atoms with Gasteiger partial charge in [0, 0.05) is 32.2 Å². The minimum atomic E-state index is -1.12. The van der Waals surface area contributed by atoms with Crippen LogP contribution >= 0.6 is 0 Å². The zero-order chi connectivity index (χ0) is 34.0. The normalized spacial score (nSPS) is 25.6. The second kappa shape index (κ2) is 17.1. The molecule has 3 aliphatic rings. The molecule has 3 amide bonds. The predicted molar refractivity (Wildman–Crippen MR) is 179 cm³/mol. The van der Waals surface area contributed by atoms with E-state index in [1.807, 2.05) is 37.3 Å². The van der Waals surface area contributed by atoms with Crippen LogP contribution in [0.2, 0.25) is 0 Å². The molecule has 1 aromatic carbocycles. The van der Waals surface area contributed by atoms with E-state index in [0.717, 1.165) is 31.2 Å². The van der Waals surface area contributed by atoms with Crippen LogP contribution in [0.5, 0.6) is 0 Å². The number of amides is 3. The number of fused-ring (bicyclic) bond motifs is 1. The summed E-state index contributed by atoms with van der Waals surface area (Å²) < 4.78 is 12.8. The Hall–Kier alpha value is -3.50. The summed E-state index contributed by atoms with van der Waals surface area (Å²) in [6.07, 6.45) is 8.62. The van der Waals surface area contributed by atoms with Crippen molar-refractivity contribution in [3.63, 3.8) is 0 Å². The number of nitrogens with zero attached hydrogens (tertiary/aromatic N) is 2. The van der Waals surface area contributed by atoms with Gasteiger partial charge >= 0.3 is 5.97 Å². The molecule has 0 saturated carbocycles. The number of allylic oxidation sites excluding steroid dienone is 1. The molecular weight excluding hydrogens is 598 g/mol. The fraction of sp³-hybridized carbons (Fsp3) is 0.622. The van der Waals surface area contributed by atoms with Gasteiger partial charge in [0.2, 0.25) is 17.7 Å². The quantitative estimate of drug-likeness (QED) is 0.121. The highest BCUT2D eigenvalue weighted by atomic mass is 16.6. The topological polar surface area (TPSA) is 125 Å². The third-order valence-electron chi connectivity index (χ3n) is 9.95. The van der Waals surface area contributed by atoms with Crippen LogP contribution in [-0.2, 0) is 28.7 Å². The maximum absolute atomic E-state index is 14.5. The molecule has 3 aliphatic heterocycles. The van der Waals surface area contributed by atoms with Gasteiger partial charge in [0.05, 0.1) is 24.5 Å². The first-order chi connectivity index (χ1) is 22.7. The first-order valence-electron chi connectivity index (χ1n) is 17.4. The largest absolute Gasteiger partial charge is 0.455 e. The van der Waals surface area contributed by atoms with Crippen molar-refractivity contribution in [3.05, 3.63) is 61.2 Å². The number of nitrogens with one attached hydrogen (secondary N) is 1. The van der Waals surface area contributed by atoms with Gasteiger partial charge in [0.1, 0.15) is 17.7 Å². The number of hydrogen-bond acceptors (Lipinski definition) is 7. The third kappa shape index (κ3) is 7.97. The second-order valence-corrected chi connectivity index (χ2v) is 13.1. The smallest absolute Gasteiger partial charge is 0.313 e. The molecule has 2 N–H and O–H groups in total. The zero-order valence-electron chi connectivity index (χ0n) is 28.1. The number of aliphatic hydroxyl groups excluding tert-OH is 1. The molecule has 3 saturated heterocycles. The molecule has 0 aromatic heterocycles. The Bertz CT molecular complexity index is 1260. The van der Waals surface area contributed by atoms with Crippen LogP contribution in [-0.4, -0.2) is 88.6 Å². The van der Waals surface area contributed by atoms with Crippen molar-refractivity contribution in [2.75, 3.05) is 26.2 Å². The van der Waals surface area contributed by atoms with E-state index >= 15 is 0 Å². The third-order valence-corrected chi connectivity index (χ3v) is 9.95. The van der Waals surface area contributed by atoms with Gasteiger partial charge in [-0.25, -0.2) is 0 Å². The molecule has 2 bridgehead atoms. The summed E-state index contributed by atoms with van der Waals surface area (Å²) in [6, 6.07) is 8.31. The summed E-state index contributed by atoms with van der Waals surface area (Å²) in [4.78, 5) is 59.0. The van der Waals surface area contributed by atoms with E-state index in [9.17, 15) is 24.3 Å². The van der Waals surface area contributed by atoms with Crippen LogP contribution in [0, 0.1) is 11.8 Å². The number of esters is 1. The highest BCUT2D eigenvalue weighted by Gasteiger charge is 2.75. The Kier molecular flexibility index (Phi) is 13.2. The van der Waals surface area contributed by atoms with Gasteiger partial charge < -0.3 is 29.7 Å². The number of rotatable bonds is 20. The average Bonchev–Trinajstić information content (AvgIpc) is 3.71. The number of carbonyl (C=O) groups is 4.